The smallest absolute Gasteiger partial charge is 0.275 e. The van der Waals surface area contributed by atoms with Crippen molar-refractivity contribution in [3.8, 4) is 0 Å². The molecule has 1 aromatic heterocycles. The van der Waals surface area contributed by atoms with E-state index in [1.54, 1.807) is 7.11 Å². The van der Waals surface area contributed by atoms with Crippen LogP contribution in [-0.2, 0) is 16.0 Å². The zero-order chi connectivity index (χ0) is 13.8. The van der Waals surface area contributed by atoms with Crippen LogP contribution in [0.15, 0.2) is 40.0 Å². The van der Waals surface area contributed by atoms with Gasteiger partial charge in [0.25, 0.3) is 5.89 Å². The summed E-state index contributed by atoms with van der Waals surface area (Å²) in [5.41, 5.74) is 1.78. The molecule has 0 amide bonds. The van der Waals surface area contributed by atoms with E-state index in [0.717, 1.165) is 5.56 Å². The molecule has 2 heterocycles. The van der Waals surface area contributed by atoms with Gasteiger partial charge in [-0.3, -0.25) is 0 Å². The Kier molecular flexibility index (Phi) is 3.73. The predicted octanol–water partition coefficient (Wildman–Crippen LogP) is 2.12. The highest BCUT2D eigenvalue weighted by atomic mass is 16.6. The summed E-state index contributed by atoms with van der Waals surface area (Å²) in [6.45, 7) is 0.564. The first-order valence-corrected chi connectivity index (χ1v) is 6.46. The van der Waals surface area contributed by atoms with Gasteiger partial charge in [-0.25, -0.2) is 0 Å². The van der Waals surface area contributed by atoms with Gasteiger partial charge in [0.1, 0.15) is 5.71 Å². The minimum absolute atomic E-state index is 0.0828. The monoisotopic (exact) mass is 273 g/mol. The third-order valence-electron chi connectivity index (χ3n) is 3.08. The van der Waals surface area contributed by atoms with Crippen molar-refractivity contribution in [3.05, 3.63) is 47.6 Å². The maximum atomic E-state index is 5.43. The van der Waals surface area contributed by atoms with E-state index < -0.39 is 0 Å². The first-order chi connectivity index (χ1) is 9.86. The fraction of sp³-hybridized carbons (Fsp3) is 0.357. The van der Waals surface area contributed by atoms with E-state index in [9.17, 15) is 0 Å². The molecule has 6 heteroatoms. The highest BCUT2D eigenvalue weighted by Gasteiger charge is 2.27. The third kappa shape index (κ3) is 2.70. The summed E-state index contributed by atoms with van der Waals surface area (Å²) in [6, 6.07) is 9.96. The van der Waals surface area contributed by atoms with Crippen LogP contribution in [0.25, 0.3) is 0 Å². The highest BCUT2D eigenvalue weighted by Crippen LogP contribution is 2.28. The normalized spacial score (nSPS) is 17.9. The molecule has 1 atom stereocenters. The summed E-state index contributed by atoms with van der Waals surface area (Å²) < 4.78 is 10.2. The number of nitrogens with zero attached hydrogens (tertiary/aromatic N) is 3. The van der Waals surface area contributed by atoms with Crippen LogP contribution < -0.4 is 0 Å². The van der Waals surface area contributed by atoms with Crippen LogP contribution in [0.1, 0.15) is 29.8 Å². The van der Waals surface area contributed by atoms with Crippen molar-refractivity contribution >= 4 is 5.71 Å². The first-order valence-electron chi connectivity index (χ1n) is 6.46. The number of oxime groups is 1. The van der Waals surface area contributed by atoms with E-state index in [0.29, 0.717) is 36.9 Å². The lowest BCUT2D eigenvalue weighted by molar-refractivity contribution is 0.0857. The van der Waals surface area contributed by atoms with Crippen LogP contribution >= 0.6 is 0 Å². The molecule has 0 N–H and O–H groups in total. The zero-order valence-electron chi connectivity index (χ0n) is 11.2. The summed E-state index contributed by atoms with van der Waals surface area (Å²) in [5.74, 6) is 1.04. The fourth-order valence-corrected chi connectivity index (χ4v) is 2.02. The molecule has 3 rings (SSSR count). The molecule has 1 unspecified atom stereocenters. The summed E-state index contributed by atoms with van der Waals surface area (Å²) in [5, 5.41) is 7.94. The van der Waals surface area contributed by atoms with Gasteiger partial charge in [0.05, 0.1) is 6.61 Å². The standard InChI is InChI=1S/C14H15N3O3/c1-18-8-7-13-15-14(20-17-13)11-9-12(19-16-11)10-5-3-2-4-6-10/h2-6,12H,7-9H2,1H3. The minimum atomic E-state index is -0.0828. The Hall–Kier alpha value is -2.21. The van der Waals surface area contributed by atoms with Gasteiger partial charge in [-0.1, -0.05) is 40.6 Å². The molecular weight excluding hydrogens is 258 g/mol. The van der Waals surface area contributed by atoms with Gasteiger partial charge in [-0.2, -0.15) is 4.98 Å². The molecule has 0 saturated heterocycles. The van der Waals surface area contributed by atoms with Crippen LogP contribution in [0.2, 0.25) is 0 Å². The van der Waals surface area contributed by atoms with Crippen molar-refractivity contribution in [1.29, 1.82) is 0 Å². The van der Waals surface area contributed by atoms with Crippen molar-refractivity contribution in [2.45, 2.75) is 18.9 Å². The second kappa shape index (κ2) is 5.83. The Morgan fingerprint density at radius 1 is 1.30 bits per heavy atom. The molecule has 0 fully saturated rings. The first kappa shape index (κ1) is 12.8. The summed E-state index contributed by atoms with van der Waals surface area (Å²) >= 11 is 0. The van der Waals surface area contributed by atoms with E-state index in [1.165, 1.54) is 0 Å². The van der Waals surface area contributed by atoms with E-state index in [2.05, 4.69) is 15.3 Å². The molecule has 1 aromatic carbocycles. The number of methoxy groups -OCH3 is 1. The van der Waals surface area contributed by atoms with E-state index in [1.807, 2.05) is 30.3 Å². The molecule has 6 nitrogen and oxygen atoms in total. The van der Waals surface area contributed by atoms with E-state index >= 15 is 0 Å². The molecule has 1 aliphatic heterocycles. The minimum Gasteiger partial charge on any atom is -0.387 e. The van der Waals surface area contributed by atoms with Crippen LogP contribution in [0, 0.1) is 0 Å². The van der Waals surface area contributed by atoms with Gasteiger partial charge in [0, 0.05) is 20.0 Å². The van der Waals surface area contributed by atoms with Crippen molar-refractivity contribution in [3.63, 3.8) is 0 Å². The highest BCUT2D eigenvalue weighted by molar-refractivity contribution is 5.97. The van der Waals surface area contributed by atoms with Gasteiger partial charge in [0.15, 0.2) is 11.9 Å². The molecule has 0 aliphatic carbocycles. The summed E-state index contributed by atoms with van der Waals surface area (Å²) in [4.78, 5) is 9.72. The molecule has 2 aromatic rings. The van der Waals surface area contributed by atoms with Crippen molar-refractivity contribution in [2.75, 3.05) is 13.7 Å². The van der Waals surface area contributed by atoms with Crippen LogP contribution in [-0.4, -0.2) is 29.6 Å². The van der Waals surface area contributed by atoms with E-state index in [4.69, 9.17) is 14.1 Å². The maximum Gasteiger partial charge on any atom is 0.275 e. The topological polar surface area (TPSA) is 69.7 Å². The number of aromatic nitrogens is 2. The molecule has 0 bridgehead atoms. The van der Waals surface area contributed by atoms with Gasteiger partial charge in [-0.05, 0) is 5.56 Å². The zero-order valence-corrected chi connectivity index (χ0v) is 11.2. The number of benzene rings is 1. The molecular formula is C14H15N3O3. The number of hydrogen-bond acceptors (Lipinski definition) is 6. The second-order valence-electron chi connectivity index (χ2n) is 4.51. The lowest BCUT2D eigenvalue weighted by Gasteiger charge is -2.06. The fourth-order valence-electron chi connectivity index (χ4n) is 2.02. The van der Waals surface area contributed by atoms with Gasteiger partial charge in [0.2, 0.25) is 0 Å². The molecule has 0 radical (unpaired) electrons. The maximum absolute atomic E-state index is 5.43. The Labute approximate surface area is 116 Å². The van der Waals surface area contributed by atoms with Crippen molar-refractivity contribution in [1.82, 2.24) is 10.1 Å². The second-order valence-corrected chi connectivity index (χ2v) is 4.51. The lowest BCUT2D eigenvalue weighted by Crippen LogP contribution is -2.02. The van der Waals surface area contributed by atoms with Gasteiger partial charge < -0.3 is 14.1 Å². The van der Waals surface area contributed by atoms with Crippen LogP contribution in [0.5, 0.6) is 0 Å². The molecule has 0 saturated carbocycles. The quantitative estimate of drug-likeness (QED) is 0.834. The van der Waals surface area contributed by atoms with Crippen molar-refractivity contribution in [2.24, 2.45) is 5.16 Å². The Morgan fingerprint density at radius 3 is 2.95 bits per heavy atom. The average molecular weight is 273 g/mol. The largest absolute Gasteiger partial charge is 0.387 e. The molecule has 1 aliphatic rings. The average Bonchev–Trinajstić information content (AvgIpc) is 3.15. The SMILES string of the molecule is COCCc1noc(C2=NOC(c3ccccc3)C2)n1. The Morgan fingerprint density at radius 2 is 2.15 bits per heavy atom. The Balaban J connectivity index is 1.66. The molecule has 20 heavy (non-hydrogen) atoms. The Bertz CT molecular complexity index is 595. The summed E-state index contributed by atoms with van der Waals surface area (Å²) in [6.07, 6.45) is 1.17. The van der Waals surface area contributed by atoms with Gasteiger partial charge >= 0.3 is 0 Å². The van der Waals surface area contributed by atoms with Crippen LogP contribution in [0.3, 0.4) is 0 Å². The molecule has 104 valence electrons. The lowest BCUT2D eigenvalue weighted by atomic mass is 10.0. The molecule has 0 spiro atoms. The third-order valence-corrected chi connectivity index (χ3v) is 3.08. The van der Waals surface area contributed by atoms with Crippen molar-refractivity contribution < 1.29 is 14.1 Å². The van der Waals surface area contributed by atoms with Crippen LogP contribution in [0.4, 0.5) is 0 Å². The number of hydrogen-bond donors (Lipinski definition) is 0. The van der Waals surface area contributed by atoms with Gasteiger partial charge in [-0.15, -0.1) is 0 Å². The van der Waals surface area contributed by atoms with E-state index in [-0.39, 0.29) is 6.10 Å². The predicted molar refractivity (Wildman–Crippen MR) is 71.3 cm³/mol. The number of ether oxygens (including phenoxy) is 1. The summed E-state index contributed by atoms with van der Waals surface area (Å²) in [7, 11) is 1.64. The number of rotatable bonds is 5.